The number of nitrogens with zero attached hydrogens (tertiary/aromatic N) is 1. The number of anilines is 3. The molecule has 1 aromatic heterocycles. The number of para-hydroxylation sites is 4. The van der Waals surface area contributed by atoms with Crippen LogP contribution in [-0.4, -0.2) is 0 Å². The Labute approximate surface area is 246 Å². The van der Waals surface area contributed by atoms with E-state index in [0.29, 0.717) is 0 Å². The topological polar surface area (TPSA) is 29.5 Å². The molecule has 9 rings (SSSR count). The van der Waals surface area contributed by atoms with Crippen LogP contribution in [0.4, 0.5) is 17.1 Å². The van der Waals surface area contributed by atoms with Crippen molar-refractivity contribution in [1.29, 1.82) is 0 Å². The second-order valence-corrected chi connectivity index (χ2v) is 11.9. The maximum absolute atomic E-state index is 13.4. The van der Waals surface area contributed by atoms with Crippen molar-refractivity contribution < 1.29 is 4.74 Å². The molecule has 0 saturated heterocycles. The summed E-state index contributed by atoms with van der Waals surface area (Å²) < 4.78 is 8.48. The van der Waals surface area contributed by atoms with E-state index < -0.39 is 5.41 Å². The summed E-state index contributed by atoms with van der Waals surface area (Å²) in [4.78, 5) is 15.7. The number of ether oxygens (including phenoxy) is 1. The molecule has 7 aromatic rings. The minimum absolute atomic E-state index is 0.0831. The van der Waals surface area contributed by atoms with Gasteiger partial charge in [0.1, 0.15) is 11.5 Å². The molecule has 3 heterocycles. The smallest absolute Gasteiger partial charge is 0.195 e. The number of rotatable bonds is 1. The molecule has 0 aliphatic carbocycles. The highest BCUT2D eigenvalue weighted by Crippen LogP contribution is 2.62. The van der Waals surface area contributed by atoms with Crippen molar-refractivity contribution in [3.05, 3.63) is 172 Å². The molecule has 6 aromatic carbocycles. The van der Waals surface area contributed by atoms with E-state index in [1.165, 1.54) is 11.1 Å². The number of benzene rings is 6. The van der Waals surface area contributed by atoms with Crippen LogP contribution in [0.25, 0.3) is 20.2 Å². The molecule has 1 spiro atoms. The molecule has 0 radical (unpaired) electrons. The van der Waals surface area contributed by atoms with Crippen LogP contribution in [0.5, 0.6) is 11.5 Å². The Bertz CT molecular complexity index is 2190. The van der Waals surface area contributed by atoms with Crippen LogP contribution in [0.3, 0.4) is 0 Å². The van der Waals surface area contributed by atoms with Crippen LogP contribution in [0.2, 0.25) is 0 Å². The fraction of sp³-hybridized carbons (Fsp3) is 0.0263. The van der Waals surface area contributed by atoms with E-state index in [1.54, 1.807) is 11.3 Å². The molecule has 0 N–H and O–H groups in total. The Hall–Kier alpha value is -5.19. The van der Waals surface area contributed by atoms with E-state index in [0.717, 1.165) is 59.9 Å². The van der Waals surface area contributed by atoms with Crippen LogP contribution in [0.1, 0.15) is 22.3 Å². The Morgan fingerprint density at radius 3 is 1.71 bits per heavy atom. The van der Waals surface area contributed by atoms with Crippen molar-refractivity contribution in [2.45, 2.75) is 5.41 Å². The number of hydrogen-bond acceptors (Lipinski definition) is 4. The normalized spacial score (nSPS) is 14.1. The van der Waals surface area contributed by atoms with Crippen LogP contribution in [0, 0.1) is 0 Å². The summed E-state index contributed by atoms with van der Waals surface area (Å²) in [5, 5.41) is 1.53. The molecule has 0 amide bonds. The lowest BCUT2D eigenvalue weighted by atomic mass is 9.61. The monoisotopic (exact) mass is 557 g/mol. The standard InChI is InChI=1S/C38H23NO2S/c40-37-25-11-1-10-20-35(25)42-36-23-24(21-22-26(36)37)39-31-16-6-2-12-27(31)38(28-13-3-7-17-32(28)39)29-14-4-8-18-33(29)41-34-19-9-5-15-30(34)38/h1-23H. The Morgan fingerprint density at radius 2 is 1.05 bits per heavy atom. The zero-order valence-electron chi connectivity index (χ0n) is 22.5. The first-order valence-corrected chi connectivity index (χ1v) is 14.9. The highest BCUT2D eigenvalue weighted by molar-refractivity contribution is 7.24. The van der Waals surface area contributed by atoms with Crippen LogP contribution in [-0.2, 0) is 5.41 Å². The average molecular weight is 558 g/mol. The van der Waals surface area contributed by atoms with E-state index >= 15 is 0 Å². The minimum Gasteiger partial charge on any atom is -0.457 e. The van der Waals surface area contributed by atoms with Crippen molar-refractivity contribution in [3.63, 3.8) is 0 Å². The Morgan fingerprint density at radius 1 is 0.524 bits per heavy atom. The molecule has 42 heavy (non-hydrogen) atoms. The summed E-state index contributed by atoms with van der Waals surface area (Å²) in [6.45, 7) is 0. The second kappa shape index (κ2) is 8.65. The molecule has 198 valence electrons. The third-order valence-electron chi connectivity index (χ3n) is 8.72. The van der Waals surface area contributed by atoms with Gasteiger partial charge >= 0.3 is 0 Å². The molecule has 3 nitrogen and oxygen atoms in total. The van der Waals surface area contributed by atoms with Gasteiger partial charge in [0.15, 0.2) is 5.43 Å². The van der Waals surface area contributed by atoms with Gasteiger partial charge in [-0.15, -0.1) is 11.3 Å². The van der Waals surface area contributed by atoms with E-state index in [1.807, 2.05) is 42.5 Å². The zero-order valence-corrected chi connectivity index (χ0v) is 23.3. The molecule has 2 aliphatic rings. The van der Waals surface area contributed by atoms with Gasteiger partial charge in [0.25, 0.3) is 0 Å². The van der Waals surface area contributed by atoms with Crippen LogP contribution < -0.4 is 15.1 Å². The maximum Gasteiger partial charge on any atom is 0.195 e. The first-order valence-electron chi connectivity index (χ1n) is 14.1. The average Bonchev–Trinajstić information content (AvgIpc) is 3.05. The summed E-state index contributed by atoms with van der Waals surface area (Å²) in [5.74, 6) is 1.74. The summed E-state index contributed by atoms with van der Waals surface area (Å²) >= 11 is 1.67. The van der Waals surface area contributed by atoms with E-state index in [4.69, 9.17) is 4.74 Å². The summed E-state index contributed by atoms with van der Waals surface area (Å²) in [6, 6.07) is 48.4. The fourth-order valence-electron chi connectivity index (χ4n) is 7.03. The van der Waals surface area contributed by atoms with Gasteiger partial charge in [0, 0.05) is 37.0 Å². The van der Waals surface area contributed by atoms with Gasteiger partial charge in [-0.3, -0.25) is 4.79 Å². The summed E-state index contributed by atoms with van der Waals surface area (Å²) in [6.07, 6.45) is 0. The van der Waals surface area contributed by atoms with Gasteiger partial charge in [0.2, 0.25) is 0 Å². The van der Waals surface area contributed by atoms with E-state index in [2.05, 4.69) is 102 Å². The van der Waals surface area contributed by atoms with Gasteiger partial charge in [-0.2, -0.15) is 0 Å². The van der Waals surface area contributed by atoms with Crippen LogP contribution in [0.15, 0.2) is 144 Å². The van der Waals surface area contributed by atoms with Crippen molar-refractivity contribution in [1.82, 2.24) is 0 Å². The lowest BCUT2D eigenvalue weighted by Gasteiger charge is -2.48. The molecular weight excluding hydrogens is 534 g/mol. The van der Waals surface area contributed by atoms with E-state index in [9.17, 15) is 4.79 Å². The fourth-order valence-corrected chi connectivity index (χ4v) is 8.13. The summed E-state index contributed by atoms with van der Waals surface area (Å²) in [7, 11) is 0. The molecule has 0 unspecified atom stereocenters. The largest absolute Gasteiger partial charge is 0.457 e. The quantitative estimate of drug-likeness (QED) is 0.188. The predicted molar refractivity (Wildman–Crippen MR) is 172 cm³/mol. The first-order chi connectivity index (χ1) is 20.7. The molecule has 4 heteroatoms. The van der Waals surface area contributed by atoms with Gasteiger partial charge in [-0.25, -0.2) is 0 Å². The van der Waals surface area contributed by atoms with Crippen molar-refractivity contribution in [2.24, 2.45) is 0 Å². The molecule has 0 fully saturated rings. The second-order valence-electron chi connectivity index (χ2n) is 10.8. The van der Waals surface area contributed by atoms with Crippen molar-refractivity contribution >= 4 is 48.6 Å². The zero-order chi connectivity index (χ0) is 27.8. The molecule has 0 bridgehead atoms. The predicted octanol–water partition coefficient (Wildman–Crippen LogP) is 9.69. The van der Waals surface area contributed by atoms with Gasteiger partial charge in [0.05, 0.1) is 16.8 Å². The molecule has 0 atom stereocenters. The Balaban J connectivity index is 1.37. The molecular formula is C38H23NO2S. The van der Waals surface area contributed by atoms with Gasteiger partial charge < -0.3 is 9.64 Å². The molecule has 0 saturated carbocycles. The highest BCUT2D eigenvalue weighted by Gasteiger charge is 2.50. The minimum atomic E-state index is -0.563. The first kappa shape index (κ1) is 23.5. The van der Waals surface area contributed by atoms with E-state index in [-0.39, 0.29) is 5.43 Å². The van der Waals surface area contributed by atoms with Gasteiger partial charge in [-0.1, -0.05) is 84.9 Å². The van der Waals surface area contributed by atoms with Gasteiger partial charge in [-0.05, 0) is 65.7 Å². The third-order valence-corrected chi connectivity index (χ3v) is 9.85. The lowest BCUT2D eigenvalue weighted by Crippen LogP contribution is -2.39. The van der Waals surface area contributed by atoms with Crippen molar-refractivity contribution in [3.8, 4) is 11.5 Å². The third kappa shape index (κ3) is 3.02. The summed E-state index contributed by atoms with van der Waals surface area (Å²) in [5.41, 5.74) is 7.41. The number of hydrogen-bond donors (Lipinski definition) is 0. The van der Waals surface area contributed by atoms with Crippen LogP contribution >= 0.6 is 11.3 Å². The lowest BCUT2D eigenvalue weighted by molar-refractivity contribution is 0.434. The Kier molecular flexibility index (Phi) is 4.84. The maximum atomic E-state index is 13.4. The molecule has 2 aliphatic heterocycles. The SMILES string of the molecule is O=c1c2ccccc2sc2cc(N3c4ccccc4C4(c5ccccc5Oc5ccccc54)c4ccccc43)ccc12. The van der Waals surface area contributed by atoms with Crippen molar-refractivity contribution in [2.75, 3.05) is 4.90 Å². The number of fused-ring (bicyclic) bond motifs is 10. The highest BCUT2D eigenvalue weighted by atomic mass is 32.1.